The van der Waals surface area contributed by atoms with Crippen molar-refractivity contribution in [2.24, 2.45) is 5.92 Å². The van der Waals surface area contributed by atoms with Gasteiger partial charge >= 0.3 is 0 Å². The summed E-state index contributed by atoms with van der Waals surface area (Å²) in [7, 11) is 0. The lowest BCUT2D eigenvalue weighted by Gasteiger charge is -1.95. The summed E-state index contributed by atoms with van der Waals surface area (Å²) >= 11 is 0. The van der Waals surface area contributed by atoms with Crippen LogP contribution in [0.2, 0.25) is 0 Å². The highest BCUT2D eigenvalue weighted by atomic mass is 16.3. The second kappa shape index (κ2) is 3.88. The maximum absolute atomic E-state index is 8.41. The minimum atomic E-state index is 0.254. The zero-order chi connectivity index (χ0) is 5.70. The van der Waals surface area contributed by atoms with Gasteiger partial charge in [0.1, 0.15) is 0 Å². The Morgan fingerprint density at radius 2 is 2.29 bits per heavy atom. The summed E-state index contributed by atoms with van der Waals surface area (Å²) in [5.41, 5.74) is 0. The molecule has 0 bridgehead atoms. The van der Waals surface area contributed by atoms with Crippen molar-refractivity contribution in [3.63, 3.8) is 0 Å². The fraction of sp³-hybridized carbons (Fsp3) is 0.667. The molecule has 0 unspecified atom stereocenters. The molecule has 0 radical (unpaired) electrons. The van der Waals surface area contributed by atoms with Crippen molar-refractivity contribution in [2.45, 2.75) is 13.8 Å². The van der Waals surface area contributed by atoms with Crippen LogP contribution in [0.4, 0.5) is 0 Å². The van der Waals surface area contributed by atoms with Gasteiger partial charge in [0.15, 0.2) is 0 Å². The lowest BCUT2D eigenvalue weighted by atomic mass is 10.2. The van der Waals surface area contributed by atoms with Gasteiger partial charge in [0.05, 0.1) is 0 Å². The maximum Gasteiger partial charge on any atom is 0.0491 e. The lowest BCUT2D eigenvalue weighted by molar-refractivity contribution is 0.262. The zero-order valence-corrected chi connectivity index (χ0v) is 4.89. The lowest BCUT2D eigenvalue weighted by Crippen LogP contribution is -1.93. The van der Waals surface area contributed by atoms with E-state index in [1.807, 2.05) is 26.0 Å². The first-order valence-corrected chi connectivity index (χ1v) is 2.55. The third-order valence-corrected chi connectivity index (χ3v) is 0.809. The molecule has 1 atom stereocenters. The predicted octanol–water partition coefficient (Wildman–Crippen LogP) is 1.19. The van der Waals surface area contributed by atoms with Crippen LogP contribution in [0.1, 0.15) is 13.8 Å². The molecule has 0 amide bonds. The summed E-state index contributed by atoms with van der Waals surface area (Å²) in [5, 5.41) is 8.41. The molecule has 1 heteroatoms. The second-order valence-electron chi connectivity index (χ2n) is 1.69. The number of aliphatic hydroxyl groups is 1. The number of hydrogen-bond donors (Lipinski definition) is 1. The molecule has 1 nitrogen and oxygen atoms in total. The Morgan fingerprint density at radius 3 is 2.43 bits per heavy atom. The zero-order valence-electron chi connectivity index (χ0n) is 4.89. The number of hydrogen-bond acceptors (Lipinski definition) is 1. The highest BCUT2D eigenvalue weighted by molar-refractivity contribution is 4.81. The van der Waals surface area contributed by atoms with E-state index in [1.54, 1.807) is 0 Å². The van der Waals surface area contributed by atoms with Crippen molar-refractivity contribution in [1.29, 1.82) is 0 Å². The van der Waals surface area contributed by atoms with Gasteiger partial charge in [-0.1, -0.05) is 19.1 Å². The molecule has 0 aliphatic rings. The van der Waals surface area contributed by atoms with E-state index < -0.39 is 0 Å². The van der Waals surface area contributed by atoms with Crippen LogP contribution in [0.25, 0.3) is 0 Å². The first kappa shape index (κ1) is 6.70. The standard InChI is InChI=1S/C6H12O/c1-3-4-6(2)5-7/h3-4,6-7H,5H2,1-2H3/b4-3-/t6-/m0/s1. The van der Waals surface area contributed by atoms with Gasteiger partial charge in [-0.2, -0.15) is 0 Å². The molecule has 0 aromatic heterocycles. The van der Waals surface area contributed by atoms with Gasteiger partial charge in [-0.25, -0.2) is 0 Å². The number of allylic oxidation sites excluding steroid dienone is 1. The Labute approximate surface area is 44.7 Å². The van der Waals surface area contributed by atoms with Crippen molar-refractivity contribution in [3.05, 3.63) is 12.2 Å². The van der Waals surface area contributed by atoms with E-state index >= 15 is 0 Å². The van der Waals surface area contributed by atoms with Crippen LogP contribution < -0.4 is 0 Å². The van der Waals surface area contributed by atoms with Crippen molar-refractivity contribution < 1.29 is 5.11 Å². The third-order valence-electron chi connectivity index (χ3n) is 0.809. The molecule has 0 spiro atoms. The van der Waals surface area contributed by atoms with Crippen LogP contribution in [0.15, 0.2) is 12.2 Å². The molecule has 0 aromatic rings. The Balaban J connectivity index is 3.16. The topological polar surface area (TPSA) is 20.2 Å². The predicted molar refractivity (Wildman–Crippen MR) is 31.1 cm³/mol. The molecule has 0 fully saturated rings. The fourth-order valence-electron chi connectivity index (χ4n) is 0.389. The minimum Gasteiger partial charge on any atom is -0.396 e. The molecular weight excluding hydrogens is 88.1 g/mol. The number of rotatable bonds is 2. The quantitative estimate of drug-likeness (QED) is 0.517. The molecule has 7 heavy (non-hydrogen) atoms. The van der Waals surface area contributed by atoms with Crippen molar-refractivity contribution in [3.8, 4) is 0 Å². The summed E-state index contributed by atoms with van der Waals surface area (Å²) in [6, 6.07) is 0. The van der Waals surface area contributed by atoms with E-state index in [4.69, 9.17) is 5.11 Å². The van der Waals surface area contributed by atoms with Crippen molar-refractivity contribution >= 4 is 0 Å². The van der Waals surface area contributed by atoms with E-state index in [0.717, 1.165) is 0 Å². The average Bonchev–Trinajstić information content (AvgIpc) is 1.68. The monoisotopic (exact) mass is 100 g/mol. The number of aliphatic hydroxyl groups excluding tert-OH is 1. The molecule has 0 saturated carbocycles. The van der Waals surface area contributed by atoms with Crippen molar-refractivity contribution in [1.82, 2.24) is 0 Å². The average molecular weight is 100 g/mol. The summed E-state index contributed by atoms with van der Waals surface area (Å²) < 4.78 is 0. The highest BCUT2D eigenvalue weighted by Crippen LogP contribution is 1.92. The maximum atomic E-state index is 8.41. The summed E-state index contributed by atoms with van der Waals surface area (Å²) in [6.45, 7) is 4.18. The van der Waals surface area contributed by atoms with E-state index in [2.05, 4.69) is 0 Å². The largest absolute Gasteiger partial charge is 0.396 e. The van der Waals surface area contributed by atoms with E-state index in [9.17, 15) is 0 Å². The van der Waals surface area contributed by atoms with Gasteiger partial charge in [0.25, 0.3) is 0 Å². The minimum absolute atomic E-state index is 0.254. The normalized spacial score (nSPS) is 15.3. The molecule has 0 saturated heterocycles. The van der Waals surface area contributed by atoms with Crippen LogP contribution in [0, 0.1) is 5.92 Å². The molecular formula is C6H12O. The van der Waals surface area contributed by atoms with Gasteiger partial charge in [0, 0.05) is 6.61 Å². The van der Waals surface area contributed by atoms with Crippen molar-refractivity contribution in [2.75, 3.05) is 6.61 Å². The fourth-order valence-corrected chi connectivity index (χ4v) is 0.389. The third kappa shape index (κ3) is 3.53. The molecule has 0 aliphatic carbocycles. The van der Waals surface area contributed by atoms with Gasteiger partial charge in [-0.3, -0.25) is 0 Å². The smallest absolute Gasteiger partial charge is 0.0491 e. The SMILES string of the molecule is C/C=C\[C@H](C)CO. The van der Waals surface area contributed by atoms with Crippen LogP contribution in [0.5, 0.6) is 0 Å². The molecule has 0 aromatic carbocycles. The first-order chi connectivity index (χ1) is 3.31. The Hall–Kier alpha value is -0.300. The van der Waals surface area contributed by atoms with Gasteiger partial charge in [0.2, 0.25) is 0 Å². The first-order valence-electron chi connectivity index (χ1n) is 2.55. The van der Waals surface area contributed by atoms with Crippen LogP contribution in [0.3, 0.4) is 0 Å². The van der Waals surface area contributed by atoms with Gasteiger partial charge < -0.3 is 5.11 Å². The summed E-state index contributed by atoms with van der Waals surface area (Å²) in [6.07, 6.45) is 3.92. The van der Waals surface area contributed by atoms with Crippen LogP contribution in [-0.2, 0) is 0 Å². The Bertz CT molecular complexity index is 57.2. The summed E-state index contributed by atoms with van der Waals surface area (Å²) in [5.74, 6) is 0.324. The molecule has 0 rings (SSSR count). The molecule has 42 valence electrons. The van der Waals surface area contributed by atoms with Gasteiger partial charge in [-0.15, -0.1) is 0 Å². The Kier molecular flexibility index (Phi) is 3.71. The molecule has 0 aliphatic heterocycles. The molecule has 1 N–H and O–H groups in total. The molecule has 0 heterocycles. The van der Waals surface area contributed by atoms with Crippen LogP contribution in [-0.4, -0.2) is 11.7 Å². The highest BCUT2D eigenvalue weighted by Gasteiger charge is 1.87. The van der Waals surface area contributed by atoms with E-state index in [-0.39, 0.29) is 6.61 Å². The second-order valence-corrected chi connectivity index (χ2v) is 1.69. The van der Waals surface area contributed by atoms with Gasteiger partial charge in [-0.05, 0) is 12.8 Å². The van der Waals surface area contributed by atoms with Crippen LogP contribution >= 0.6 is 0 Å². The van der Waals surface area contributed by atoms with E-state index in [0.29, 0.717) is 5.92 Å². The Morgan fingerprint density at radius 1 is 1.71 bits per heavy atom. The van der Waals surface area contributed by atoms with E-state index in [1.165, 1.54) is 0 Å². The summed E-state index contributed by atoms with van der Waals surface area (Å²) in [4.78, 5) is 0.